The second-order valence-electron chi connectivity index (χ2n) is 2.77. The van der Waals surface area contributed by atoms with Gasteiger partial charge < -0.3 is 0 Å². The SMILES string of the molecule is CS(=O)(=O)c1n[nH]c2cc[c]cc12. The highest BCUT2D eigenvalue weighted by atomic mass is 32.2. The summed E-state index contributed by atoms with van der Waals surface area (Å²) in [4.78, 5) is 0. The Morgan fingerprint density at radius 1 is 1.54 bits per heavy atom. The number of hydrogen-bond acceptors (Lipinski definition) is 3. The number of nitrogens with one attached hydrogen (secondary N) is 1. The van der Waals surface area contributed by atoms with E-state index in [9.17, 15) is 8.42 Å². The Hall–Kier alpha value is -1.36. The zero-order chi connectivity index (χ0) is 9.47. The zero-order valence-electron chi connectivity index (χ0n) is 6.90. The fourth-order valence-electron chi connectivity index (χ4n) is 1.16. The van der Waals surface area contributed by atoms with Crippen LogP contribution in [0.2, 0.25) is 0 Å². The summed E-state index contributed by atoms with van der Waals surface area (Å²) in [6, 6.07) is 7.85. The molecule has 0 saturated carbocycles. The van der Waals surface area contributed by atoms with E-state index in [0.717, 1.165) is 6.26 Å². The summed E-state index contributed by atoms with van der Waals surface area (Å²) in [5, 5.41) is 7.05. The lowest BCUT2D eigenvalue weighted by molar-refractivity contribution is 0.598. The number of rotatable bonds is 1. The summed E-state index contributed by atoms with van der Waals surface area (Å²) in [5.74, 6) is 0. The van der Waals surface area contributed by atoms with Crippen LogP contribution in [0.1, 0.15) is 0 Å². The number of aromatic amines is 1. The van der Waals surface area contributed by atoms with Crippen LogP contribution in [0.25, 0.3) is 10.9 Å². The topological polar surface area (TPSA) is 62.8 Å². The van der Waals surface area contributed by atoms with E-state index in [2.05, 4.69) is 16.3 Å². The smallest absolute Gasteiger partial charge is 0.195 e. The van der Waals surface area contributed by atoms with Gasteiger partial charge in [-0.15, -0.1) is 0 Å². The quantitative estimate of drug-likeness (QED) is 0.730. The average molecular weight is 195 g/mol. The molecule has 0 aliphatic carbocycles. The maximum absolute atomic E-state index is 11.2. The largest absolute Gasteiger partial charge is 0.277 e. The molecule has 13 heavy (non-hydrogen) atoms. The van der Waals surface area contributed by atoms with Crippen LogP contribution < -0.4 is 0 Å². The predicted molar refractivity (Wildman–Crippen MR) is 48.0 cm³/mol. The summed E-state index contributed by atoms with van der Waals surface area (Å²) in [6.07, 6.45) is 1.13. The molecule has 1 aromatic carbocycles. The van der Waals surface area contributed by atoms with Crippen molar-refractivity contribution in [2.24, 2.45) is 0 Å². The van der Waals surface area contributed by atoms with Gasteiger partial charge in [0.15, 0.2) is 14.9 Å². The fourth-order valence-corrected chi connectivity index (χ4v) is 1.94. The van der Waals surface area contributed by atoms with Gasteiger partial charge in [0.2, 0.25) is 0 Å². The second kappa shape index (κ2) is 2.56. The molecule has 0 aliphatic rings. The van der Waals surface area contributed by atoms with E-state index in [0.29, 0.717) is 10.9 Å². The Labute approximate surface area is 75.5 Å². The lowest BCUT2D eigenvalue weighted by atomic mass is 10.3. The van der Waals surface area contributed by atoms with E-state index >= 15 is 0 Å². The Bertz CT molecular complexity index is 542. The molecule has 67 valence electrons. The monoisotopic (exact) mass is 195 g/mol. The van der Waals surface area contributed by atoms with Gasteiger partial charge in [-0.3, -0.25) is 5.10 Å². The molecule has 2 aromatic rings. The molecule has 0 amide bonds. The second-order valence-corrected chi connectivity index (χ2v) is 4.70. The molecule has 0 atom stereocenters. The van der Waals surface area contributed by atoms with Gasteiger partial charge in [0.05, 0.1) is 5.52 Å². The van der Waals surface area contributed by atoms with Crippen LogP contribution in [-0.4, -0.2) is 24.9 Å². The molecule has 0 bridgehead atoms. The minimum absolute atomic E-state index is 0.0827. The van der Waals surface area contributed by atoms with Gasteiger partial charge in [-0.2, -0.15) is 5.10 Å². The standard InChI is InChI=1S/C8H7N2O2S/c1-13(11,12)8-6-4-2-3-5-7(6)9-10-8/h3-5H,1H3,(H,9,10). The third-order valence-corrected chi connectivity index (χ3v) is 2.74. The van der Waals surface area contributed by atoms with Crippen LogP contribution in [0.4, 0.5) is 0 Å². The molecular formula is C8H7N2O2S. The lowest BCUT2D eigenvalue weighted by Gasteiger charge is -1.90. The lowest BCUT2D eigenvalue weighted by Crippen LogP contribution is -1.97. The Morgan fingerprint density at radius 2 is 2.31 bits per heavy atom. The molecule has 0 spiro atoms. The average Bonchev–Trinajstić information content (AvgIpc) is 2.45. The molecule has 2 rings (SSSR count). The number of sulfone groups is 1. The first-order valence-electron chi connectivity index (χ1n) is 3.63. The summed E-state index contributed by atoms with van der Waals surface area (Å²) in [5.41, 5.74) is 0.708. The van der Waals surface area contributed by atoms with Gasteiger partial charge in [0.1, 0.15) is 0 Å². The van der Waals surface area contributed by atoms with Crippen molar-refractivity contribution in [3.05, 3.63) is 24.3 Å². The van der Waals surface area contributed by atoms with Gasteiger partial charge in [-0.1, -0.05) is 6.07 Å². The molecule has 1 heterocycles. The number of benzene rings is 1. The molecular weight excluding hydrogens is 188 g/mol. The fraction of sp³-hybridized carbons (Fsp3) is 0.125. The van der Waals surface area contributed by atoms with E-state index in [-0.39, 0.29) is 5.03 Å². The molecule has 0 aliphatic heterocycles. The number of hydrogen-bond donors (Lipinski definition) is 1. The Kier molecular flexibility index (Phi) is 1.63. The maximum atomic E-state index is 11.2. The van der Waals surface area contributed by atoms with Crippen molar-refractivity contribution in [2.45, 2.75) is 5.03 Å². The van der Waals surface area contributed by atoms with Crippen molar-refractivity contribution >= 4 is 20.7 Å². The van der Waals surface area contributed by atoms with Gasteiger partial charge in [-0.05, 0) is 18.2 Å². The predicted octanol–water partition coefficient (Wildman–Crippen LogP) is 0.767. The zero-order valence-corrected chi connectivity index (χ0v) is 7.72. The van der Waals surface area contributed by atoms with E-state index < -0.39 is 9.84 Å². The minimum Gasteiger partial charge on any atom is -0.277 e. The highest BCUT2D eigenvalue weighted by Crippen LogP contribution is 2.18. The van der Waals surface area contributed by atoms with Crippen LogP contribution in [-0.2, 0) is 9.84 Å². The highest BCUT2D eigenvalue weighted by molar-refractivity contribution is 7.90. The number of aromatic nitrogens is 2. The Balaban J connectivity index is 2.87. The van der Waals surface area contributed by atoms with Crippen molar-refractivity contribution in [1.29, 1.82) is 0 Å². The van der Waals surface area contributed by atoms with Crippen LogP contribution in [0.5, 0.6) is 0 Å². The van der Waals surface area contributed by atoms with Crippen LogP contribution in [0, 0.1) is 6.07 Å². The molecule has 1 aromatic heterocycles. The van der Waals surface area contributed by atoms with Gasteiger partial charge >= 0.3 is 0 Å². The normalized spacial score (nSPS) is 12.1. The van der Waals surface area contributed by atoms with E-state index in [1.165, 1.54) is 0 Å². The summed E-state index contributed by atoms with van der Waals surface area (Å²) >= 11 is 0. The molecule has 0 fully saturated rings. The molecule has 5 heteroatoms. The van der Waals surface area contributed by atoms with E-state index in [4.69, 9.17) is 0 Å². The van der Waals surface area contributed by atoms with Crippen molar-refractivity contribution in [1.82, 2.24) is 10.2 Å². The van der Waals surface area contributed by atoms with Gasteiger partial charge in [0, 0.05) is 11.6 Å². The third kappa shape index (κ3) is 1.31. The van der Waals surface area contributed by atoms with Crippen molar-refractivity contribution in [2.75, 3.05) is 6.26 Å². The molecule has 1 radical (unpaired) electrons. The Morgan fingerprint density at radius 3 is 3.00 bits per heavy atom. The molecule has 0 saturated heterocycles. The van der Waals surface area contributed by atoms with E-state index in [1.54, 1.807) is 18.2 Å². The summed E-state index contributed by atoms with van der Waals surface area (Å²) < 4.78 is 22.4. The first-order valence-corrected chi connectivity index (χ1v) is 5.52. The number of H-pyrrole nitrogens is 1. The summed E-state index contributed by atoms with van der Waals surface area (Å²) in [7, 11) is -3.25. The van der Waals surface area contributed by atoms with Crippen LogP contribution >= 0.6 is 0 Å². The van der Waals surface area contributed by atoms with Crippen molar-refractivity contribution in [3.8, 4) is 0 Å². The molecule has 4 nitrogen and oxygen atoms in total. The van der Waals surface area contributed by atoms with Crippen LogP contribution in [0.3, 0.4) is 0 Å². The van der Waals surface area contributed by atoms with Gasteiger partial charge in [-0.25, -0.2) is 8.42 Å². The molecule has 1 N–H and O–H groups in total. The third-order valence-electron chi connectivity index (χ3n) is 1.72. The maximum Gasteiger partial charge on any atom is 0.195 e. The number of fused-ring (bicyclic) bond motifs is 1. The van der Waals surface area contributed by atoms with Crippen molar-refractivity contribution < 1.29 is 8.42 Å². The first kappa shape index (κ1) is 8.25. The molecule has 0 unspecified atom stereocenters. The summed E-state index contributed by atoms with van der Waals surface area (Å²) in [6.45, 7) is 0. The first-order chi connectivity index (χ1) is 6.09. The van der Waals surface area contributed by atoms with Gasteiger partial charge in [0.25, 0.3) is 0 Å². The van der Waals surface area contributed by atoms with E-state index in [1.807, 2.05) is 0 Å². The number of nitrogens with zero attached hydrogens (tertiary/aromatic N) is 1. The highest BCUT2D eigenvalue weighted by Gasteiger charge is 2.14. The minimum atomic E-state index is -3.25. The van der Waals surface area contributed by atoms with Crippen molar-refractivity contribution in [3.63, 3.8) is 0 Å². The van der Waals surface area contributed by atoms with Crippen LogP contribution in [0.15, 0.2) is 23.2 Å².